The highest BCUT2D eigenvalue weighted by atomic mass is 35.5. The Kier molecular flexibility index (Phi) is 4.89. The zero-order chi connectivity index (χ0) is 10.6. The summed E-state index contributed by atoms with van der Waals surface area (Å²) in [7, 11) is 0. The average molecular weight is 234 g/mol. The van der Waals surface area contributed by atoms with Crippen LogP contribution in [0.3, 0.4) is 0 Å². The molecule has 0 radical (unpaired) electrons. The van der Waals surface area contributed by atoms with E-state index in [0.29, 0.717) is 6.04 Å². The number of nitrogens with one attached hydrogen (secondary N) is 1. The topological polar surface area (TPSA) is 32.3 Å². The van der Waals surface area contributed by atoms with Crippen LogP contribution in [-0.4, -0.2) is 17.3 Å². The van der Waals surface area contributed by atoms with E-state index in [-0.39, 0.29) is 6.10 Å². The Morgan fingerprint density at radius 3 is 2.71 bits per heavy atom. The molecule has 0 bridgehead atoms. The lowest BCUT2D eigenvalue weighted by molar-refractivity contribution is 0.170. The second kappa shape index (κ2) is 5.71. The van der Waals surface area contributed by atoms with Gasteiger partial charge in [-0.1, -0.05) is 11.6 Å². The molecule has 0 aromatic carbocycles. The first kappa shape index (κ1) is 12.0. The number of aliphatic hydroxyl groups is 1. The van der Waals surface area contributed by atoms with Gasteiger partial charge in [0, 0.05) is 17.5 Å². The second-order valence-electron chi connectivity index (χ2n) is 3.57. The van der Waals surface area contributed by atoms with Crippen molar-refractivity contribution in [1.29, 1.82) is 0 Å². The normalized spacial score (nSPS) is 15.4. The number of aliphatic hydroxyl groups excluding tert-OH is 1. The van der Waals surface area contributed by atoms with Crippen LogP contribution in [0.2, 0.25) is 4.34 Å². The molecule has 0 aliphatic rings. The lowest BCUT2D eigenvalue weighted by atomic mass is 10.1. The van der Waals surface area contributed by atoms with E-state index in [2.05, 4.69) is 12.2 Å². The monoisotopic (exact) mass is 233 g/mol. The van der Waals surface area contributed by atoms with Gasteiger partial charge in [0.25, 0.3) is 0 Å². The molecule has 1 heterocycles. The van der Waals surface area contributed by atoms with Gasteiger partial charge in [-0.25, -0.2) is 0 Å². The van der Waals surface area contributed by atoms with Crippen molar-refractivity contribution < 1.29 is 5.11 Å². The van der Waals surface area contributed by atoms with Gasteiger partial charge >= 0.3 is 0 Å². The van der Waals surface area contributed by atoms with Crippen LogP contribution in [0.4, 0.5) is 0 Å². The van der Waals surface area contributed by atoms with Gasteiger partial charge in [-0.15, -0.1) is 11.3 Å². The molecule has 0 spiro atoms. The Labute approximate surface area is 93.9 Å². The Morgan fingerprint density at radius 1 is 1.50 bits per heavy atom. The molecule has 0 amide bonds. The summed E-state index contributed by atoms with van der Waals surface area (Å²) in [5, 5.41) is 12.5. The van der Waals surface area contributed by atoms with Crippen LogP contribution in [0, 0.1) is 0 Å². The number of rotatable bonds is 5. The third-order valence-corrected chi connectivity index (χ3v) is 3.18. The van der Waals surface area contributed by atoms with Gasteiger partial charge in [-0.2, -0.15) is 0 Å². The van der Waals surface area contributed by atoms with Gasteiger partial charge in [0.05, 0.1) is 10.4 Å². The number of hydrogen-bond donors (Lipinski definition) is 2. The quantitative estimate of drug-likeness (QED) is 0.820. The summed E-state index contributed by atoms with van der Waals surface area (Å²) in [6.07, 6.45) is 0.531. The molecule has 2 nitrogen and oxygen atoms in total. The van der Waals surface area contributed by atoms with E-state index in [4.69, 9.17) is 16.7 Å². The van der Waals surface area contributed by atoms with Crippen LogP contribution in [0.25, 0.3) is 0 Å². The molecule has 2 atom stereocenters. The lowest BCUT2D eigenvalue weighted by Crippen LogP contribution is -2.28. The SMILES string of the molecule is CC(O)CC(C)NCc1ccc(Cl)s1. The molecule has 80 valence electrons. The molecule has 4 heteroatoms. The Bertz CT molecular complexity index is 275. The lowest BCUT2D eigenvalue weighted by Gasteiger charge is -2.14. The molecule has 0 fully saturated rings. The predicted molar refractivity (Wildman–Crippen MR) is 61.9 cm³/mol. The van der Waals surface area contributed by atoms with E-state index >= 15 is 0 Å². The highest BCUT2D eigenvalue weighted by molar-refractivity contribution is 7.16. The minimum Gasteiger partial charge on any atom is -0.393 e. The Balaban J connectivity index is 2.26. The van der Waals surface area contributed by atoms with Gasteiger partial charge in [0.2, 0.25) is 0 Å². The van der Waals surface area contributed by atoms with Crippen LogP contribution in [0.5, 0.6) is 0 Å². The van der Waals surface area contributed by atoms with Crippen molar-refractivity contribution in [3.05, 3.63) is 21.3 Å². The molecule has 1 aromatic heterocycles. The maximum absolute atomic E-state index is 9.17. The Hall–Kier alpha value is -0.0900. The molecule has 1 aromatic rings. The van der Waals surface area contributed by atoms with Crippen molar-refractivity contribution in [2.24, 2.45) is 0 Å². The van der Waals surface area contributed by atoms with Crippen molar-refractivity contribution in [3.63, 3.8) is 0 Å². The molecule has 2 N–H and O–H groups in total. The third-order valence-electron chi connectivity index (χ3n) is 1.95. The van der Waals surface area contributed by atoms with Gasteiger partial charge in [-0.05, 0) is 32.4 Å². The summed E-state index contributed by atoms with van der Waals surface area (Å²) in [4.78, 5) is 1.23. The van der Waals surface area contributed by atoms with E-state index in [1.165, 1.54) is 4.88 Å². The fraction of sp³-hybridized carbons (Fsp3) is 0.600. The summed E-state index contributed by atoms with van der Waals surface area (Å²) >= 11 is 7.40. The Morgan fingerprint density at radius 2 is 2.21 bits per heavy atom. The van der Waals surface area contributed by atoms with Gasteiger partial charge in [0.15, 0.2) is 0 Å². The minimum atomic E-state index is -0.246. The van der Waals surface area contributed by atoms with Crippen molar-refractivity contribution >= 4 is 22.9 Å². The molecule has 1 rings (SSSR count). The second-order valence-corrected chi connectivity index (χ2v) is 5.37. The first-order chi connectivity index (χ1) is 6.58. The van der Waals surface area contributed by atoms with E-state index < -0.39 is 0 Å². The molecule has 2 unspecified atom stereocenters. The highest BCUT2D eigenvalue weighted by Gasteiger charge is 2.05. The van der Waals surface area contributed by atoms with Crippen molar-refractivity contribution in [3.8, 4) is 0 Å². The summed E-state index contributed by atoms with van der Waals surface area (Å²) in [6.45, 7) is 4.70. The summed E-state index contributed by atoms with van der Waals surface area (Å²) < 4.78 is 0.824. The first-order valence-corrected chi connectivity index (χ1v) is 5.93. The van der Waals surface area contributed by atoms with Crippen LogP contribution in [0.15, 0.2) is 12.1 Å². The number of halogens is 1. The van der Waals surface area contributed by atoms with E-state index in [1.54, 1.807) is 18.3 Å². The molecule has 0 aliphatic heterocycles. The fourth-order valence-corrected chi connectivity index (χ4v) is 2.36. The average Bonchev–Trinajstić information content (AvgIpc) is 2.47. The van der Waals surface area contributed by atoms with Crippen LogP contribution < -0.4 is 5.32 Å². The van der Waals surface area contributed by atoms with Gasteiger partial charge in [-0.3, -0.25) is 0 Å². The smallest absolute Gasteiger partial charge is 0.0931 e. The molecular weight excluding hydrogens is 218 g/mol. The van der Waals surface area contributed by atoms with E-state index in [0.717, 1.165) is 17.3 Å². The van der Waals surface area contributed by atoms with Crippen molar-refractivity contribution in [2.75, 3.05) is 0 Å². The van der Waals surface area contributed by atoms with Crippen molar-refractivity contribution in [2.45, 2.75) is 39.0 Å². The first-order valence-electron chi connectivity index (χ1n) is 4.73. The van der Waals surface area contributed by atoms with Crippen molar-refractivity contribution in [1.82, 2.24) is 5.32 Å². The molecule has 0 saturated carbocycles. The third kappa shape index (κ3) is 4.42. The number of thiophene rings is 1. The fourth-order valence-electron chi connectivity index (χ4n) is 1.32. The number of hydrogen-bond acceptors (Lipinski definition) is 3. The zero-order valence-electron chi connectivity index (χ0n) is 8.46. The standard InChI is InChI=1S/C10H16ClNOS/c1-7(5-8(2)13)12-6-9-3-4-10(11)14-9/h3-4,7-8,12-13H,5-6H2,1-2H3. The van der Waals surface area contributed by atoms with Gasteiger partial charge in [0.1, 0.15) is 0 Å². The predicted octanol–water partition coefficient (Wildman–Crippen LogP) is 2.65. The summed E-state index contributed by atoms with van der Waals surface area (Å²) in [5.41, 5.74) is 0. The molecular formula is C10H16ClNOS. The molecule has 14 heavy (non-hydrogen) atoms. The van der Waals surface area contributed by atoms with Crippen LogP contribution in [0.1, 0.15) is 25.1 Å². The molecule has 0 saturated heterocycles. The van der Waals surface area contributed by atoms with E-state index in [1.807, 2.05) is 12.1 Å². The summed E-state index contributed by atoms with van der Waals surface area (Å²) in [6, 6.07) is 4.26. The molecule has 0 aliphatic carbocycles. The highest BCUT2D eigenvalue weighted by Crippen LogP contribution is 2.21. The van der Waals surface area contributed by atoms with Gasteiger partial charge < -0.3 is 10.4 Å². The maximum atomic E-state index is 9.17. The van der Waals surface area contributed by atoms with E-state index in [9.17, 15) is 0 Å². The largest absolute Gasteiger partial charge is 0.393 e. The van der Waals surface area contributed by atoms with Crippen LogP contribution >= 0.6 is 22.9 Å². The maximum Gasteiger partial charge on any atom is 0.0931 e. The minimum absolute atomic E-state index is 0.246. The van der Waals surface area contributed by atoms with Crippen LogP contribution in [-0.2, 0) is 6.54 Å². The zero-order valence-corrected chi connectivity index (χ0v) is 10.0. The summed E-state index contributed by atoms with van der Waals surface area (Å²) in [5.74, 6) is 0.